The van der Waals surface area contributed by atoms with E-state index in [1.54, 1.807) is 0 Å². The van der Waals surface area contributed by atoms with Gasteiger partial charge in [-0.2, -0.15) is 0 Å². The van der Waals surface area contributed by atoms with Crippen LogP contribution in [-0.2, 0) is 0 Å². The van der Waals surface area contributed by atoms with Gasteiger partial charge in [0.25, 0.3) is 0 Å². The molecule has 0 aromatic carbocycles. The predicted octanol–water partition coefficient (Wildman–Crippen LogP) is 1.86. The first-order valence-corrected chi connectivity index (χ1v) is 6.86. The molecule has 86 valence electrons. The maximum absolute atomic E-state index is 3.48. The summed E-state index contributed by atoms with van der Waals surface area (Å²) in [6.45, 7) is 5.34. The number of nitrogens with one attached hydrogen (secondary N) is 1. The minimum Gasteiger partial charge on any atom is -0.316 e. The maximum atomic E-state index is 3.48. The van der Waals surface area contributed by atoms with E-state index in [-0.39, 0.29) is 0 Å². The zero-order chi connectivity index (χ0) is 10.1. The van der Waals surface area contributed by atoms with Crippen LogP contribution in [-0.4, -0.2) is 37.1 Å². The minimum absolute atomic E-state index is 0.977. The summed E-state index contributed by atoms with van der Waals surface area (Å²) in [5.74, 6) is 2.05. The average Bonchev–Trinajstić information content (AvgIpc) is 3.14. The molecule has 0 bridgehead atoms. The van der Waals surface area contributed by atoms with Crippen LogP contribution >= 0.6 is 0 Å². The Labute approximate surface area is 93.4 Å². The van der Waals surface area contributed by atoms with Crippen LogP contribution < -0.4 is 5.32 Å². The van der Waals surface area contributed by atoms with Crippen molar-refractivity contribution >= 4 is 0 Å². The third-order valence-electron chi connectivity index (χ3n) is 4.24. The van der Waals surface area contributed by atoms with E-state index >= 15 is 0 Å². The van der Waals surface area contributed by atoms with Crippen LogP contribution in [0.1, 0.15) is 38.5 Å². The van der Waals surface area contributed by atoms with Crippen molar-refractivity contribution < 1.29 is 0 Å². The molecule has 15 heavy (non-hydrogen) atoms. The first kappa shape index (κ1) is 10.1. The summed E-state index contributed by atoms with van der Waals surface area (Å²) in [5, 5.41) is 3.48. The number of nitrogens with zero attached hydrogens (tertiary/aromatic N) is 1. The minimum atomic E-state index is 0.977. The molecular formula is C13H24N2. The van der Waals surface area contributed by atoms with Crippen LogP contribution in [0.15, 0.2) is 0 Å². The Kier molecular flexibility index (Phi) is 2.98. The van der Waals surface area contributed by atoms with Gasteiger partial charge in [0.1, 0.15) is 0 Å². The molecule has 3 aliphatic rings. The van der Waals surface area contributed by atoms with Crippen LogP contribution in [0.4, 0.5) is 0 Å². The Bertz CT molecular complexity index is 203. The molecule has 1 unspecified atom stereocenters. The van der Waals surface area contributed by atoms with E-state index in [1.165, 1.54) is 64.7 Å². The molecule has 0 amide bonds. The van der Waals surface area contributed by atoms with Crippen molar-refractivity contribution in [2.45, 2.75) is 44.6 Å². The molecule has 2 nitrogen and oxygen atoms in total. The lowest BCUT2D eigenvalue weighted by Gasteiger charge is -2.23. The molecular weight excluding hydrogens is 184 g/mol. The first-order valence-electron chi connectivity index (χ1n) is 6.86. The van der Waals surface area contributed by atoms with Gasteiger partial charge in [0, 0.05) is 12.6 Å². The Morgan fingerprint density at radius 1 is 1.00 bits per heavy atom. The molecule has 1 atom stereocenters. The lowest BCUT2D eigenvalue weighted by atomic mass is 10.0. The highest BCUT2D eigenvalue weighted by Crippen LogP contribution is 2.35. The molecule has 3 fully saturated rings. The topological polar surface area (TPSA) is 15.3 Å². The van der Waals surface area contributed by atoms with Crippen molar-refractivity contribution in [2.24, 2.45) is 11.8 Å². The van der Waals surface area contributed by atoms with Crippen molar-refractivity contribution in [1.29, 1.82) is 0 Å². The van der Waals surface area contributed by atoms with Crippen molar-refractivity contribution in [3.8, 4) is 0 Å². The van der Waals surface area contributed by atoms with Crippen molar-refractivity contribution in [2.75, 3.05) is 26.2 Å². The van der Waals surface area contributed by atoms with E-state index < -0.39 is 0 Å². The third kappa shape index (κ3) is 2.94. The van der Waals surface area contributed by atoms with Gasteiger partial charge in [-0.1, -0.05) is 0 Å². The summed E-state index contributed by atoms with van der Waals surface area (Å²) in [6, 6.07) is 0.986. The summed E-state index contributed by atoms with van der Waals surface area (Å²) in [4.78, 5) is 2.80. The fourth-order valence-electron chi connectivity index (χ4n) is 2.80. The van der Waals surface area contributed by atoms with E-state index in [4.69, 9.17) is 0 Å². The zero-order valence-corrected chi connectivity index (χ0v) is 9.75. The molecule has 0 spiro atoms. The SMILES string of the molecule is C1CC(CCN(CC2CC2)C2CC2)CN1. The van der Waals surface area contributed by atoms with Crippen LogP contribution in [0, 0.1) is 11.8 Å². The molecule has 1 N–H and O–H groups in total. The molecule has 2 saturated carbocycles. The fraction of sp³-hybridized carbons (Fsp3) is 1.00. The summed E-state index contributed by atoms with van der Waals surface area (Å²) < 4.78 is 0. The largest absolute Gasteiger partial charge is 0.316 e. The van der Waals surface area contributed by atoms with Gasteiger partial charge in [0.05, 0.1) is 0 Å². The van der Waals surface area contributed by atoms with Crippen molar-refractivity contribution in [3.05, 3.63) is 0 Å². The molecule has 1 aliphatic heterocycles. The molecule has 3 rings (SSSR count). The van der Waals surface area contributed by atoms with Gasteiger partial charge in [-0.15, -0.1) is 0 Å². The second-order valence-electron chi connectivity index (χ2n) is 5.82. The highest BCUT2D eigenvalue weighted by Gasteiger charge is 2.33. The molecule has 0 aromatic rings. The van der Waals surface area contributed by atoms with Crippen molar-refractivity contribution in [3.63, 3.8) is 0 Å². The Hall–Kier alpha value is -0.0800. The molecule has 0 radical (unpaired) electrons. The zero-order valence-electron chi connectivity index (χ0n) is 9.75. The molecule has 1 saturated heterocycles. The second-order valence-corrected chi connectivity index (χ2v) is 5.82. The van der Waals surface area contributed by atoms with Crippen LogP contribution in [0.25, 0.3) is 0 Å². The standard InChI is InChI=1S/C13H24N2/c1-2-12(1)10-15(13-3-4-13)8-6-11-5-7-14-9-11/h11-14H,1-10H2. The van der Waals surface area contributed by atoms with E-state index in [2.05, 4.69) is 10.2 Å². The Balaban J connectivity index is 1.41. The van der Waals surface area contributed by atoms with E-state index in [1.807, 2.05) is 0 Å². The fourth-order valence-corrected chi connectivity index (χ4v) is 2.80. The molecule has 2 heteroatoms. The van der Waals surface area contributed by atoms with Crippen LogP contribution in [0.5, 0.6) is 0 Å². The summed E-state index contributed by atoms with van der Waals surface area (Å²) >= 11 is 0. The van der Waals surface area contributed by atoms with Gasteiger partial charge in [-0.05, 0) is 70.0 Å². The second kappa shape index (κ2) is 4.42. The lowest BCUT2D eigenvalue weighted by molar-refractivity contribution is 0.235. The lowest BCUT2D eigenvalue weighted by Crippen LogP contribution is -2.30. The van der Waals surface area contributed by atoms with Gasteiger partial charge < -0.3 is 10.2 Å². The Morgan fingerprint density at radius 3 is 2.47 bits per heavy atom. The van der Waals surface area contributed by atoms with E-state index in [9.17, 15) is 0 Å². The molecule has 1 heterocycles. The summed E-state index contributed by atoms with van der Waals surface area (Å²) in [5.41, 5.74) is 0. The average molecular weight is 208 g/mol. The quantitative estimate of drug-likeness (QED) is 0.717. The van der Waals surface area contributed by atoms with Gasteiger partial charge in [0.15, 0.2) is 0 Å². The van der Waals surface area contributed by atoms with E-state index in [0.717, 1.165) is 17.9 Å². The van der Waals surface area contributed by atoms with Crippen LogP contribution in [0.2, 0.25) is 0 Å². The van der Waals surface area contributed by atoms with Gasteiger partial charge in [-0.3, -0.25) is 0 Å². The highest BCUT2D eigenvalue weighted by molar-refractivity contribution is 4.89. The summed E-state index contributed by atoms with van der Waals surface area (Å²) in [7, 11) is 0. The smallest absolute Gasteiger partial charge is 0.00965 e. The number of hydrogen-bond acceptors (Lipinski definition) is 2. The number of hydrogen-bond donors (Lipinski definition) is 1. The van der Waals surface area contributed by atoms with Gasteiger partial charge in [0.2, 0.25) is 0 Å². The van der Waals surface area contributed by atoms with Gasteiger partial charge >= 0.3 is 0 Å². The van der Waals surface area contributed by atoms with Crippen LogP contribution in [0.3, 0.4) is 0 Å². The first-order chi connectivity index (χ1) is 7.42. The summed E-state index contributed by atoms with van der Waals surface area (Å²) in [6.07, 6.45) is 8.84. The maximum Gasteiger partial charge on any atom is 0.00965 e. The molecule has 0 aromatic heterocycles. The predicted molar refractivity (Wildman–Crippen MR) is 62.9 cm³/mol. The molecule has 2 aliphatic carbocycles. The van der Waals surface area contributed by atoms with Gasteiger partial charge in [-0.25, -0.2) is 0 Å². The van der Waals surface area contributed by atoms with E-state index in [0.29, 0.717) is 0 Å². The monoisotopic (exact) mass is 208 g/mol. The third-order valence-corrected chi connectivity index (χ3v) is 4.24. The Morgan fingerprint density at radius 2 is 1.87 bits per heavy atom. The highest BCUT2D eigenvalue weighted by atomic mass is 15.2. The normalized spacial score (nSPS) is 31.4. The van der Waals surface area contributed by atoms with Crippen molar-refractivity contribution in [1.82, 2.24) is 10.2 Å². The number of rotatable bonds is 6.